The maximum absolute atomic E-state index is 11.8. The average molecular weight is 280 g/mol. The molecule has 1 rings (SSSR count). The summed E-state index contributed by atoms with van der Waals surface area (Å²) < 4.78 is 10.1. The largest absolute Gasteiger partial charge is 0.481 e. The summed E-state index contributed by atoms with van der Waals surface area (Å²) in [5.74, 6) is 0.392. The molecule has 0 saturated carbocycles. The molecule has 0 aliphatic heterocycles. The van der Waals surface area contributed by atoms with Crippen molar-refractivity contribution in [1.29, 1.82) is 0 Å². The lowest BCUT2D eigenvalue weighted by atomic mass is 10.0. The number of hydrogen-bond donors (Lipinski definition) is 0. The predicted molar refractivity (Wildman–Crippen MR) is 77.7 cm³/mol. The Bertz CT molecular complexity index is 402. The maximum atomic E-state index is 11.8. The van der Waals surface area contributed by atoms with E-state index in [0.717, 1.165) is 18.7 Å². The third kappa shape index (κ3) is 4.49. The van der Waals surface area contributed by atoms with Crippen molar-refractivity contribution in [2.75, 3.05) is 26.8 Å². The number of methoxy groups -OCH3 is 1. The molecule has 0 spiro atoms. The van der Waals surface area contributed by atoms with Crippen molar-refractivity contribution in [1.82, 2.24) is 9.88 Å². The number of hydrogen-bond acceptors (Lipinski definition) is 5. The second-order valence-corrected chi connectivity index (χ2v) is 4.38. The molecule has 0 saturated heterocycles. The van der Waals surface area contributed by atoms with Gasteiger partial charge in [-0.15, -0.1) is 0 Å². The normalized spacial score (nSPS) is 12.2. The minimum atomic E-state index is -0.180. The number of esters is 1. The van der Waals surface area contributed by atoms with E-state index in [0.29, 0.717) is 18.9 Å². The third-order valence-electron chi connectivity index (χ3n) is 3.27. The summed E-state index contributed by atoms with van der Waals surface area (Å²) in [6.07, 6.45) is 2.10. The minimum Gasteiger partial charge on any atom is -0.481 e. The van der Waals surface area contributed by atoms with Crippen LogP contribution < -0.4 is 4.74 Å². The number of aromatic nitrogens is 1. The Morgan fingerprint density at radius 2 is 2.00 bits per heavy atom. The van der Waals surface area contributed by atoms with Crippen LogP contribution in [0.3, 0.4) is 0 Å². The minimum absolute atomic E-state index is 0.0116. The zero-order chi connectivity index (χ0) is 15.0. The highest BCUT2D eigenvalue weighted by Gasteiger charge is 2.22. The Labute approximate surface area is 120 Å². The van der Waals surface area contributed by atoms with Crippen LogP contribution in [0.5, 0.6) is 5.88 Å². The topological polar surface area (TPSA) is 51.7 Å². The van der Waals surface area contributed by atoms with E-state index >= 15 is 0 Å². The van der Waals surface area contributed by atoms with Gasteiger partial charge in [0.1, 0.15) is 0 Å². The van der Waals surface area contributed by atoms with Gasteiger partial charge in [0, 0.05) is 18.3 Å². The highest BCUT2D eigenvalue weighted by Crippen LogP contribution is 2.25. The van der Waals surface area contributed by atoms with Crippen LogP contribution in [0.2, 0.25) is 0 Å². The van der Waals surface area contributed by atoms with Gasteiger partial charge in [-0.3, -0.25) is 9.69 Å². The van der Waals surface area contributed by atoms with Crippen LogP contribution in [0.15, 0.2) is 18.3 Å². The van der Waals surface area contributed by atoms with Crippen molar-refractivity contribution >= 4 is 5.97 Å². The Kier molecular flexibility index (Phi) is 7.01. The number of nitrogens with zero attached hydrogens (tertiary/aromatic N) is 2. The van der Waals surface area contributed by atoms with Gasteiger partial charge in [0.2, 0.25) is 5.88 Å². The van der Waals surface area contributed by atoms with E-state index < -0.39 is 0 Å². The molecule has 1 atom stereocenters. The molecular formula is C15H24N2O3. The van der Waals surface area contributed by atoms with Crippen LogP contribution in [0.25, 0.3) is 0 Å². The van der Waals surface area contributed by atoms with E-state index in [-0.39, 0.29) is 12.0 Å². The Morgan fingerprint density at radius 3 is 2.45 bits per heavy atom. The number of pyridine rings is 1. The van der Waals surface area contributed by atoms with Crippen LogP contribution in [0.4, 0.5) is 0 Å². The fourth-order valence-electron chi connectivity index (χ4n) is 2.21. The first kappa shape index (κ1) is 16.4. The molecule has 20 heavy (non-hydrogen) atoms. The van der Waals surface area contributed by atoms with E-state index in [9.17, 15) is 4.79 Å². The fourth-order valence-corrected chi connectivity index (χ4v) is 2.21. The van der Waals surface area contributed by atoms with Crippen LogP contribution in [-0.4, -0.2) is 42.7 Å². The van der Waals surface area contributed by atoms with Gasteiger partial charge in [0.15, 0.2) is 0 Å². The Hall–Kier alpha value is -1.62. The Balaban J connectivity index is 2.92. The quantitative estimate of drug-likeness (QED) is 0.685. The molecule has 0 amide bonds. The molecule has 0 unspecified atom stereocenters. The standard InChI is InChI=1S/C15H24N2O3/c1-5-17(6-2)13(10-15(18)20-7-3)12-8-9-14(19-4)16-11-12/h8-9,11,13H,5-7,10H2,1-4H3/t13-/m0/s1. The van der Waals surface area contributed by atoms with E-state index in [1.54, 1.807) is 13.3 Å². The molecule has 0 bridgehead atoms. The smallest absolute Gasteiger partial charge is 0.307 e. The molecule has 0 aromatic carbocycles. The number of ether oxygens (including phenoxy) is 2. The molecule has 0 fully saturated rings. The maximum Gasteiger partial charge on any atom is 0.307 e. The summed E-state index contributed by atoms with van der Waals surface area (Å²) in [5.41, 5.74) is 1.00. The molecule has 0 aliphatic carbocycles. The van der Waals surface area contributed by atoms with Crippen molar-refractivity contribution in [3.63, 3.8) is 0 Å². The first-order valence-electron chi connectivity index (χ1n) is 7.05. The number of rotatable bonds is 8. The molecule has 5 heteroatoms. The zero-order valence-electron chi connectivity index (χ0n) is 12.8. The molecule has 1 aromatic rings. The molecule has 5 nitrogen and oxygen atoms in total. The van der Waals surface area contributed by atoms with Crippen LogP contribution in [-0.2, 0) is 9.53 Å². The summed E-state index contributed by atoms with van der Waals surface area (Å²) in [7, 11) is 1.59. The lowest BCUT2D eigenvalue weighted by molar-refractivity contribution is -0.144. The molecule has 1 aromatic heterocycles. The van der Waals surface area contributed by atoms with Crippen LogP contribution >= 0.6 is 0 Å². The van der Waals surface area contributed by atoms with Gasteiger partial charge in [-0.1, -0.05) is 19.9 Å². The zero-order valence-corrected chi connectivity index (χ0v) is 12.8. The highest BCUT2D eigenvalue weighted by atomic mass is 16.5. The van der Waals surface area contributed by atoms with E-state index in [1.807, 2.05) is 19.1 Å². The van der Waals surface area contributed by atoms with Gasteiger partial charge in [0.25, 0.3) is 0 Å². The number of carbonyl (C=O) groups excluding carboxylic acids is 1. The van der Waals surface area contributed by atoms with Gasteiger partial charge in [-0.25, -0.2) is 4.98 Å². The van der Waals surface area contributed by atoms with Gasteiger partial charge in [-0.2, -0.15) is 0 Å². The van der Waals surface area contributed by atoms with E-state index in [1.165, 1.54) is 0 Å². The first-order chi connectivity index (χ1) is 9.65. The van der Waals surface area contributed by atoms with E-state index in [4.69, 9.17) is 9.47 Å². The van der Waals surface area contributed by atoms with Crippen molar-refractivity contribution in [3.05, 3.63) is 23.9 Å². The van der Waals surface area contributed by atoms with Crippen molar-refractivity contribution < 1.29 is 14.3 Å². The van der Waals surface area contributed by atoms with Gasteiger partial charge < -0.3 is 9.47 Å². The second-order valence-electron chi connectivity index (χ2n) is 4.38. The van der Waals surface area contributed by atoms with Crippen LogP contribution in [0.1, 0.15) is 38.8 Å². The Morgan fingerprint density at radius 1 is 1.30 bits per heavy atom. The summed E-state index contributed by atoms with van der Waals surface area (Å²) in [4.78, 5) is 18.2. The van der Waals surface area contributed by atoms with Gasteiger partial charge in [-0.05, 0) is 25.6 Å². The lowest BCUT2D eigenvalue weighted by Crippen LogP contribution is -2.30. The lowest BCUT2D eigenvalue weighted by Gasteiger charge is -2.29. The summed E-state index contributed by atoms with van der Waals surface area (Å²) in [6, 6.07) is 3.76. The monoisotopic (exact) mass is 280 g/mol. The van der Waals surface area contributed by atoms with Gasteiger partial charge >= 0.3 is 5.97 Å². The molecule has 0 N–H and O–H groups in total. The summed E-state index contributed by atoms with van der Waals surface area (Å²) >= 11 is 0. The highest BCUT2D eigenvalue weighted by molar-refractivity contribution is 5.70. The average Bonchev–Trinajstić information content (AvgIpc) is 2.48. The summed E-state index contributed by atoms with van der Waals surface area (Å²) in [5, 5.41) is 0. The first-order valence-corrected chi connectivity index (χ1v) is 7.05. The molecule has 1 heterocycles. The summed E-state index contributed by atoms with van der Waals surface area (Å²) in [6.45, 7) is 8.13. The van der Waals surface area contributed by atoms with Crippen molar-refractivity contribution in [2.45, 2.75) is 33.2 Å². The molecule has 0 radical (unpaired) electrons. The third-order valence-corrected chi connectivity index (χ3v) is 3.27. The van der Waals surface area contributed by atoms with Crippen molar-refractivity contribution in [3.8, 4) is 5.88 Å². The molecule has 112 valence electrons. The van der Waals surface area contributed by atoms with Crippen LogP contribution in [0, 0.1) is 0 Å². The second kappa shape index (κ2) is 8.53. The molecule has 0 aliphatic rings. The van der Waals surface area contributed by atoms with Crippen molar-refractivity contribution in [2.24, 2.45) is 0 Å². The SMILES string of the molecule is CCOC(=O)C[C@@H](c1ccc(OC)nc1)N(CC)CC. The molecular weight excluding hydrogens is 256 g/mol. The van der Waals surface area contributed by atoms with Gasteiger partial charge in [0.05, 0.1) is 20.1 Å². The number of carbonyl (C=O) groups is 1. The fraction of sp³-hybridized carbons (Fsp3) is 0.600. The van der Waals surface area contributed by atoms with E-state index in [2.05, 4.69) is 23.7 Å². The predicted octanol–water partition coefficient (Wildman–Crippen LogP) is 2.43.